The summed E-state index contributed by atoms with van der Waals surface area (Å²) in [4.78, 5) is 22.0. The lowest BCUT2D eigenvalue weighted by Crippen LogP contribution is -2.55. The van der Waals surface area contributed by atoms with Gasteiger partial charge in [-0.3, -0.25) is 9.79 Å². The molecule has 0 aromatic carbocycles. The summed E-state index contributed by atoms with van der Waals surface area (Å²) >= 11 is 3.46. The summed E-state index contributed by atoms with van der Waals surface area (Å²) in [6, 6.07) is 1.95. The molecule has 1 N–H and O–H groups in total. The second kappa shape index (κ2) is 6.69. The quantitative estimate of drug-likeness (QED) is 0.755. The van der Waals surface area contributed by atoms with Gasteiger partial charge in [0.25, 0.3) is 0 Å². The molecule has 1 aliphatic rings. The fourth-order valence-electron chi connectivity index (χ4n) is 3.46. The van der Waals surface area contributed by atoms with Crippen LogP contribution in [0.15, 0.2) is 21.7 Å². The number of fused-ring (bicyclic) bond motifs is 1. The standard InChI is InChI=1S/C17H24BrN3O2/c1-6-8-17(16(5,20-7-2)23-11(3)4)13-9-12(18)10-19-14(13)21-15(17)22/h7,9-11H,6,8H2,1-5H3,(H,19,21,22)/t16?,17-/m1/s1. The molecule has 2 atom stereocenters. The van der Waals surface area contributed by atoms with Crippen LogP contribution in [0.25, 0.3) is 0 Å². The van der Waals surface area contributed by atoms with Crippen molar-refractivity contribution in [2.45, 2.75) is 64.7 Å². The van der Waals surface area contributed by atoms with Gasteiger partial charge in [-0.05, 0) is 62.3 Å². The molecule has 1 amide bonds. The van der Waals surface area contributed by atoms with Crippen LogP contribution in [-0.2, 0) is 14.9 Å². The topological polar surface area (TPSA) is 63.6 Å². The van der Waals surface area contributed by atoms with E-state index in [4.69, 9.17) is 4.74 Å². The number of nitrogens with one attached hydrogen (secondary N) is 1. The number of rotatable bonds is 6. The molecule has 1 aliphatic heterocycles. The fraction of sp³-hybridized carbons (Fsp3) is 0.588. The third-order valence-electron chi connectivity index (χ3n) is 4.19. The van der Waals surface area contributed by atoms with Gasteiger partial charge in [0.1, 0.15) is 11.2 Å². The number of aliphatic imine (C=N–C) groups is 1. The second-order valence-corrected chi connectivity index (χ2v) is 7.11. The molecule has 0 aliphatic carbocycles. The van der Waals surface area contributed by atoms with Crippen LogP contribution in [0.1, 0.15) is 53.0 Å². The maximum atomic E-state index is 13.0. The van der Waals surface area contributed by atoms with Crippen molar-refractivity contribution in [1.29, 1.82) is 0 Å². The van der Waals surface area contributed by atoms with E-state index in [1.54, 1.807) is 12.4 Å². The van der Waals surface area contributed by atoms with Crippen LogP contribution >= 0.6 is 15.9 Å². The van der Waals surface area contributed by atoms with E-state index in [9.17, 15) is 4.79 Å². The zero-order chi connectivity index (χ0) is 17.3. The van der Waals surface area contributed by atoms with Crippen molar-refractivity contribution >= 4 is 33.9 Å². The number of anilines is 1. The van der Waals surface area contributed by atoms with E-state index in [0.29, 0.717) is 12.2 Å². The minimum atomic E-state index is -0.996. The molecular weight excluding hydrogens is 358 g/mol. The Morgan fingerprint density at radius 2 is 2.26 bits per heavy atom. The van der Waals surface area contributed by atoms with Crippen LogP contribution in [0.3, 0.4) is 0 Å². The molecule has 5 nitrogen and oxygen atoms in total. The number of aromatic nitrogens is 1. The van der Waals surface area contributed by atoms with Crippen molar-refractivity contribution < 1.29 is 9.53 Å². The van der Waals surface area contributed by atoms with E-state index in [2.05, 4.69) is 38.1 Å². The van der Waals surface area contributed by atoms with Crippen molar-refractivity contribution in [3.63, 3.8) is 0 Å². The first-order valence-electron chi connectivity index (χ1n) is 7.96. The highest BCUT2D eigenvalue weighted by atomic mass is 79.9. The molecule has 0 saturated heterocycles. The number of pyridine rings is 1. The Labute approximate surface area is 146 Å². The van der Waals surface area contributed by atoms with Gasteiger partial charge in [-0.25, -0.2) is 4.98 Å². The highest BCUT2D eigenvalue weighted by Crippen LogP contribution is 2.50. The zero-order valence-electron chi connectivity index (χ0n) is 14.3. The molecule has 0 bridgehead atoms. The van der Waals surface area contributed by atoms with Gasteiger partial charge in [0, 0.05) is 16.2 Å². The van der Waals surface area contributed by atoms with Crippen LogP contribution < -0.4 is 5.32 Å². The second-order valence-electron chi connectivity index (χ2n) is 6.20. The largest absolute Gasteiger partial charge is 0.350 e. The third-order valence-corrected chi connectivity index (χ3v) is 4.62. The van der Waals surface area contributed by atoms with E-state index < -0.39 is 11.1 Å². The number of hydrogen-bond acceptors (Lipinski definition) is 4. The van der Waals surface area contributed by atoms with Crippen LogP contribution in [0, 0.1) is 0 Å². The van der Waals surface area contributed by atoms with Crippen LogP contribution in [0.4, 0.5) is 5.82 Å². The summed E-state index contributed by atoms with van der Waals surface area (Å²) in [6.07, 6.45) is 4.79. The molecule has 1 aromatic heterocycles. The molecule has 0 fully saturated rings. The molecule has 1 unspecified atom stereocenters. The van der Waals surface area contributed by atoms with E-state index >= 15 is 0 Å². The molecule has 23 heavy (non-hydrogen) atoms. The third kappa shape index (κ3) is 2.94. The number of ether oxygens (including phenoxy) is 1. The molecular formula is C17H24BrN3O2. The van der Waals surface area contributed by atoms with Gasteiger partial charge in [0.15, 0.2) is 5.72 Å². The van der Waals surface area contributed by atoms with Crippen molar-refractivity contribution in [3.05, 3.63) is 22.3 Å². The van der Waals surface area contributed by atoms with Gasteiger partial charge >= 0.3 is 0 Å². The van der Waals surface area contributed by atoms with E-state index in [1.165, 1.54) is 0 Å². The van der Waals surface area contributed by atoms with E-state index in [0.717, 1.165) is 16.5 Å². The smallest absolute Gasteiger partial charge is 0.241 e. The van der Waals surface area contributed by atoms with Crippen molar-refractivity contribution in [3.8, 4) is 0 Å². The maximum Gasteiger partial charge on any atom is 0.241 e. The molecule has 6 heteroatoms. The normalized spacial score (nSPS) is 23.2. The Hall–Kier alpha value is -1.27. The number of amides is 1. The van der Waals surface area contributed by atoms with E-state index in [-0.39, 0.29) is 12.0 Å². The number of carbonyl (C=O) groups excluding carboxylic acids is 1. The van der Waals surface area contributed by atoms with Crippen molar-refractivity contribution in [2.75, 3.05) is 5.32 Å². The number of hydrogen-bond donors (Lipinski definition) is 1. The average Bonchev–Trinajstić information content (AvgIpc) is 2.72. The number of halogens is 1. The molecule has 2 heterocycles. The van der Waals surface area contributed by atoms with Crippen LogP contribution in [-0.4, -0.2) is 28.9 Å². The predicted molar refractivity (Wildman–Crippen MR) is 95.9 cm³/mol. The summed E-state index contributed by atoms with van der Waals surface area (Å²) in [7, 11) is 0. The molecule has 2 rings (SSSR count). The Balaban J connectivity index is 2.73. The Morgan fingerprint density at radius 3 is 2.83 bits per heavy atom. The van der Waals surface area contributed by atoms with Gasteiger partial charge in [-0.1, -0.05) is 13.3 Å². The predicted octanol–water partition coefficient (Wildman–Crippen LogP) is 4.07. The molecule has 0 spiro atoms. The first kappa shape index (κ1) is 18.1. The molecule has 126 valence electrons. The summed E-state index contributed by atoms with van der Waals surface area (Å²) in [5, 5.41) is 2.91. The van der Waals surface area contributed by atoms with Gasteiger partial charge in [-0.15, -0.1) is 0 Å². The number of carbonyl (C=O) groups is 1. The summed E-state index contributed by atoms with van der Waals surface area (Å²) in [6.45, 7) is 9.70. The minimum Gasteiger partial charge on any atom is -0.350 e. The lowest BCUT2D eigenvalue weighted by Gasteiger charge is -2.42. The average molecular weight is 382 g/mol. The van der Waals surface area contributed by atoms with Crippen molar-refractivity contribution in [1.82, 2.24) is 4.98 Å². The highest BCUT2D eigenvalue weighted by molar-refractivity contribution is 9.10. The zero-order valence-corrected chi connectivity index (χ0v) is 15.9. The van der Waals surface area contributed by atoms with Gasteiger partial charge in [0.2, 0.25) is 5.91 Å². The highest BCUT2D eigenvalue weighted by Gasteiger charge is 2.60. The number of nitrogens with zero attached hydrogens (tertiary/aromatic N) is 2. The Morgan fingerprint density at radius 1 is 1.57 bits per heavy atom. The minimum absolute atomic E-state index is 0.0607. The van der Waals surface area contributed by atoms with E-state index in [1.807, 2.05) is 33.8 Å². The van der Waals surface area contributed by atoms with Crippen molar-refractivity contribution in [2.24, 2.45) is 4.99 Å². The maximum absolute atomic E-state index is 13.0. The lowest BCUT2D eigenvalue weighted by atomic mass is 9.70. The molecule has 1 aromatic rings. The van der Waals surface area contributed by atoms with Gasteiger partial charge in [-0.2, -0.15) is 0 Å². The fourth-order valence-corrected chi connectivity index (χ4v) is 3.79. The summed E-state index contributed by atoms with van der Waals surface area (Å²) < 4.78 is 7.02. The Kier molecular flexibility index (Phi) is 5.26. The van der Waals surface area contributed by atoms with Gasteiger partial charge < -0.3 is 10.1 Å². The summed E-state index contributed by atoms with van der Waals surface area (Å²) in [5.41, 5.74) is -1.05. The first-order chi connectivity index (χ1) is 10.8. The van der Waals surface area contributed by atoms with Crippen LogP contribution in [0.5, 0.6) is 0 Å². The lowest BCUT2D eigenvalue weighted by molar-refractivity contribution is -0.146. The summed E-state index contributed by atoms with van der Waals surface area (Å²) in [5.74, 6) is 0.491. The van der Waals surface area contributed by atoms with Gasteiger partial charge in [0.05, 0.1) is 6.10 Å². The molecule has 0 saturated carbocycles. The SMILES string of the molecule is CC=NC(C)(OC(C)C)[C@@]1(CCC)C(=O)Nc2ncc(Br)cc21. The monoisotopic (exact) mass is 381 g/mol. The molecule has 0 radical (unpaired) electrons. The van der Waals surface area contributed by atoms with Crippen LogP contribution in [0.2, 0.25) is 0 Å². The Bertz CT molecular complexity index is 632. The first-order valence-corrected chi connectivity index (χ1v) is 8.75.